The Morgan fingerprint density at radius 1 is 1.42 bits per heavy atom. The summed E-state index contributed by atoms with van der Waals surface area (Å²) >= 11 is 5.20. The minimum absolute atomic E-state index is 0.105. The number of halogens is 2. The molecule has 3 unspecified atom stereocenters. The number of nitrogens with zero attached hydrogens (tertiary/aromatic N) is 1. The lowest BCUT2D eigenvalue weighted by atomic mass is 10.0. The number of thioether (sulfide) groups is 1. The Kier molecular flexibility index (Phi) is 5.29. The molecule has 1 saturated heterocycles. The standard InChI is InChI=1S/C14H20BrFN2S/c1-9-7-18(8-10(2)19-9)14(6-17)11-3-4-12(15)13(16)5-11/h3-5,9-10,14H,6-8,17H2,1-2H3. The van der Waals surface area contributed by atoms with Crippen molar-refractivity contribution in [3.05, 3.63) is 34.1 Å². The maximum Gasteiger partial charge on any atom is 0.137 e. The predicted octanol–water partition coefficient (Wildman–Crippen LogP) is 3.41. The van der Waals surface area contributed by atoms with Crippen LogP contribution in [0, 0.1) is 5.82 Å². The van der Waals surface area contributed by atoms with E-state index in [0.717, 1.165) is 18.7 Å². The maximum atomic E-state index is 13.7. The average Bonchev–Trinajstić information content (AvgIpc) is 2.33. The van der Waals surface area contributed by atoms with Crippen LogP contribution in [0.4, 0.5) is 4.39 Å². The second kappa shape index (κ2) is 6.57. The van der Waals surface area contributed by atoms with Crippen molar-refractivity contribution in [2.75, 3.05) is 19.6 Å². The van der Waals surface area contributed by atoms with Crippen molar-refractivity contribution in [2.24, 2.45) is 5.73 Å². The topological polar surface area (TPSA) is 29.3 Å². The molecule has 1 aromatic rings. The highest BCUT2D eigenvalue weighted by atomic mass is 79.9. The third-order valence-electron chi connectivity index (χ3n) is 3.44. The van der Waals surface area contributed by atoms with Crippen LogP contribution in [-0.4, -0.2) is 35.0 Å². The van der Waals surface area contributed by atoms with E-state index in [9.17, 15) is 4.39 Å². The fourth-order valence-electron chi connectivity index (χ4n) is 2.69. The number of benzene rings is 1. The van der Waals surface area contributed by atoms with Crippen LogP contribution in [0.3, 0.4) is 0 Å². The number of hydrogen-bond donors (Lipinski definition) is 1. The maximum absolute atomic E-state index is 13.7. The van der Waals surface area contributed by atoms with Crippen LogP contribution in [0.15, 0.2) is 22.7 Å². The van der Waals surface area contributed by atoms with Crippen LogP contribution in [0.5, 0.6) is 0 Å². The van der Waals surface area contributed by atoms with E-state index in [1.165, 1.54) is 0 Å². The zero-order valence-corrected chi connectivity index (χ0v) is 13.7. The second-order valence-electron chi connectivity index (χ2n) is 5.14. The van der Waals surface area contributed by atoms with Crippen LogP contribution in [0.25, 0.3) is 0 Å². The fraction of sp³-hybridized carbons (Fsp3) is 0.571. The lowest BCUT2D eigenvalue weighted by Gasteiger charge is -2.39. The molecule has 0 saturated carbocycles. The lowest BCUT2D eigenvalue weighted by Crippen LogP contribution is -2.44. The van der Waals surface area contributed by atoms with Gasteiger partial charge in [-0.15, -0.1) is 0 Å². The van der Waals surface area contributed by atoms with Gasteiger partial charge in [-0.1, -0.05) is 19.9 Å². The molecule has 3 atom stereocenters. The summed E-state index contributed by atoms with van der Waals surface area (Å²) in [5.41, 5.74) is 6.90. The summed E-state index contributed by atoms with van der Waals surface area (Å²) in [5.74, 6) is -0.219. The lowest BCUT2D eigenvalue weighted by molar-refractivity contribution is 0.199. The number of rotatable bonds is 3. The summed E-state index contributed by atoms with van der Waals surface area (Å²) in [4.78, 5) is 2.38. The predicted molar refractivity (Wildman–Crippen MR) is 84.0 cm³/mol. The molecule has 1 heterocycles. The molecule has 5 heteroatoms. The van der Waals surface area contributed by atoms with Crippen molar-refractivity contribution in [1.29, 1.82) is 0 Å². The number of nitrogens with two attached hydrogens (primary N) is 1. The van der Waals surface area contributed by atoms with Gasteiger partial charge in [0.25, 0.3) is 0 Å². The highest BCUT2D eigenvalue weighted by molar-refractivity contribution is 9.10. The molecule has 0 aromatic heterocycles. The van der Waals surface area contributed by atoms with E-state index >= 15 is 0 Å². The van der Waals surface area contributed by atoms with Crippen molar-refractivity contribution in [2.45, 2.75) is 30.4 Å². The van der Waals surface area contributed by atoms with Gasteiger partial charge in [0, 0.05) is 36.2 Å². The van der Waals surface area contributed by atoms with Crippen LogP contribution in [0.2, 0.25) is 0 Å². The molecule has 19 heavy (non-hydrogen) atoms. The normalized spacial score (nSPS) is 26.4. The van der Waals surface area contributed by atoms with Gasteiger partial charge in [-0.3, -0.25) is 4.90 Å². The van der Waals surface area contributed by atoms with Crippen LogP contribution in [0.1, 0.15) is 25.5 Å². The first kappa shape index (κ1) is 15.3. The van der Waals surface area contributed by atoms with E-state index in [0.29, 0.717) is 21.5 Å². The minimum atomic E-state index is -0.219. The van der Waals surface area contributed by atoms with Crippen LogP contribution in [-0.2, 0) is 0 Å². The second-order valence-corrected chi connectivity index (χ2v) is 7.87. The highest BCUT2D eigenvalue weighted by Gasteiger charge is 2.28. The molecule has 1 fully saturated rings. The van der Waals surface area contributed by atoms with Gasteiger partial charge in [-0.25, -0.2) is 4.39 Å². The van der Waals surface area contributed by atoms with Crippen molar-refractivity contribution in [3.8, 4) is 0 Å². The quantitative estimate of drug-likeness (QED) is 0.909. The Balaban J connectivity index is 2.21. The summed E-state index contributed by atoms with van der Waals surface area (Å²) in [6.45, 7) is 7.01. The number of hydrogen-bond acceptors (Lipinski definition) is 3. The monoisotopic (exact) mass is 346 g/mol. The largest absolute Gasteiger partial charge is 0.329 e. The van der Waals surface area contributed by atoms with Gasteiger partial charge >= 0.3 is 0 Å². The molecular formula is C14H20BrFN2S. The summed E-state index contributed by atoms with van der Waals surface area (Å²) < 4.78 is 14.2. The van der Waals surface area contributed by atoms with E-state index in [1.54, 1.807) is 12.1 Å². The summed E-state index contributed by atoms with van der Waals surface area (Å²) in [6.07, 6.45) is 0. The minimum Gasteiger partial charge on any atom is -0.329 e. The highest BCUT2D eigenvalue weighted by Crippen LogP contribution is 2.31. The molecule has 2 nitrogen and oxygen atoms in total. The Hall–Kier alpha value is -0.100. The van der Waals surface area contributed by atoms with Gasteiger partial charge in [0.15, 0.2) is 0 Å². The molecule has 106 valence electrons. The van der Waals surface area contributed by atoms with Crippen LogP contribution < -0.4 is 5.73 Å². The molecule has 0 bridgehead atoms. The SMILES string of the molecule is CC1CN(C(CN)c2ccc(Br)c(F)c2)CC(C)S1. The Morgan fingerprint density at radius 2 is 2.05 bits per heavy atom. The van der Waals surface area contributed by atoms with Crippen LogP contribution >= 0.6 is 27.7 Å². The van der Waals surface area contributed by atoms with Crippen molar-refractivity contribution < 1.29 is 4.39 Å². The van der Waals surface area contributed by atoms with E-state index in [2.05, 4.69) is 34.7 Å². The van der Waals surface area contributed by atoms with Gasteiger partial charge in [-0.2, -0.15) is 11.8 Å². The molecule has 0 aliphatic carbocycles. The fourth-order valence-corrected chi connectivity index (χ4v) is 4.28. The van der Waals surface area contributed by atoms with Crippen molar-refractivity contribution in [3.63, 3.8) is 0 Å². The third-order valence-corrected chi connectivity index (χ3v) is 5.31. The Labute approximate surface area is 127 Å². The summed E-state index contributed by atoms with van der Waals surface area (Å²) in [7, 11) is 0. The summed E-state index contributed by atoms with van der Waals surface area (Å²) in [6, 6.07) is 5.42. The first-order valence-electron chi connectivity index (χ1n) is 6.55. The molecule has 0 spiro atoms. The molecule has 0 radical (unpaired) electrons. The van der Waals surface area contributed by atoms with Gasteiger partial charge < -0.3 is 5.73 Å². The van der Waals surface area contributed by atoms with Gasteiger partial charge in [-0.05, 0) is 33.6 Å². The Morgan fingerprint density at radius 3 is 2.58 bits per heavy atom. The first-order valence-corrected chi connectivity index (χ1v) is 8.29. The van der Waals surface area contributed by atoms with Crippen molar-refractivity contribution in [1.82, 2.24) is 4.90 Å². The zero-order chi connectivity index (χ0) is 14.0. The van der Waals surface area contributed by atoms with E-state index in [-0.39, 0.29) is 11.9 Å². The molecule has 1 aromatic carbocycles. The molecule has 2 N–H and O–H groups in total. The zero-order valence-electron chi connectivity index (χ0n) is 11.3. The van der Waals surface area contributed by atoms with E-state index in [1.807, 2.05) is 17.8 Å². The summed E-state index contributed by atoms with van der Waals surface area (Å²) in [5, 5.41) is 1.19. The van der Waals surface area contributed by atoms with Gasteiger partial charge in [0.1, 0.15) is 5.82 Å². The van der Waals surface area contributed by atoms with Gasteiger partial charge in [0.05, 0.1) is 4.47 Å². The van der Waals surface area contributed by atoms with Gasteiger partial charge in [0.2, 0.25) is 0 Å². The molecule has 1 aliphatic rings. The third kappa shape index (κ3) is 3.72. The molecular weight excluding hydrogens is 327 g/mol. The molecule has 1 aliphatic heterocycles. The first-order chi connectivity index (χ1) is 9.01. The van der Waals surface area contributed by atoms with Crippen molar-refractivity contribution >= 4 is 27.7 Å². The smallest absolute Gasteiger partial charge is 0.137 e. The average molecular weight is 347 g/mol. The molecule has 0 amide bonds. The van der Waals surface area contributed by atoms with E-state index < -0.39 is 0 Å². The Bertz CT molecular complexity index is 433. The van der Waals surface area contributed by atoms with E-state index in [4.69, 9.17) is 5.73 Å². The molecule has 2 rings (SSSR count).